The van der Waals surface area contributed by atoms with E-state index < -0.39 is 0 Å². The molecule has 4 nitrogen and oxygen atoms in total. The SMILES string of the molecule is COc1ccc(C2CNC(=O)C2)cc1OCCCCc1ccccc1. The maximum atomic E-state index is 11.4. The molecule has 1 aliphatic rings. The Morgan fingerprint density at radius 3 is 2.64 bits per heavy atom. The van der Waals surface area contributed by atoms with Crippen molar-refractivity contribution in [2.45, 2.75) is 31.6 Å². The van der Waals surface area contributed by atoms with Crippen LogP contribution in [-0.2, 0) is 11.2 Å². The lowest BCUT2D eigenvalue weighted by Crippen LogP contribution is -2.13. The summed E-state index contributed by atoms with van der Waals surface area (Å²) < 4.78 is 11.4. The van der Waals surface area contributed by atoms with Crippen molar-refractivity contribution in [3.8, 4) is 11.5 Å². The summed E-state index contributed by atoms with van der Waals surface area (Å²) in [5, 5.41) is 2.88. The molecule has 1 fully saturated rings. The Morgan fingerprint density at radius 1 is 1.08 bits per heavy atom. The van der Waals surface area contributed by atoms with Gasteiger partial charge in [-0.15, -0.1) is 0 Å². The molecule has 1 unspecified atom stereocenters. The topological polar surface area (TPSA) is 47.6 Å². The summed E-state index contributed by atoms with van der Waals surface area (Å²) in [4.78, 5) is 11.4. The molecular weight excluding hydrogens is 314 g/mol. The lowest BCUT2D eigenvalue weighted by molar-refractivity contribution is -0.119. The number of hydrogen-bond acceptors (Lipinski definition) is 3. The monoisotopic (exact) mass is 339 g/mol. The second-order valence-corrected chi connectivity index (χ2v) is 6.41. The number of rotatable bonds is 8. The number of nitrogens with one attached hydrogen (secondary N) is 1. The van der Waals surface area contributed by atoms with E-state index in [-0.39, 0.29) is 11.8 Å². The van der Waals surface area contributed by atoms with Gasteiger partial charge in [0.25, 0.3) is 0 Å². The highest BCUT2D eigenvalue weighted by Crippen LogP contribution is 2.33. The van der Waals surface area contributed by atoms with Gasteiger partial charge in [0.15, 0.2) is 11.5 Å². The van der Waals surface area contributed by atoms with Crippen LogP contribution >= 0.6 is 0 Å². The van der Waals surface area contributed by atoms with Gasteiger partial charge in [0.05, 0.1) is 13.7 Å². The van der Waals surface area contributed by atoms with Crippen LogP contribution in [0.3, 0.4) is 0 Å². The van der Waals surface area contributed by atoms with Gasteiger partial charge in [-0.25, -0.2) is 0 Å². The molecule has 0 saturated carbocycles. The molecule has 132 valence electrons. The van der Waals surface area contributed by atoms with Crippen molar-refractivity contribution < 1.29 is 14.3 Å². The Labute approximate surface area is 149 Å². The van der Waals surface area contributed by atoms with Gasteiger partial charge in [0.2, 0.25) is 5.91 Å². The molecule has 1 aliphatic heterocycles. The summed E-state index contributed by atoms with van der Waals surface area (Å²) in [5.41, 5.74) is 2.49. The van der Waals surface area contributed by atoms with Crippen LogP contribution in [0.1, 0.15) is 36.3 Å². The zero-order chi connectivity index (χ0) is 17.5. The van der Waals surface area contributed by atoms with Crippen LogP contribution in [0, 0.1) is 0 Å². The third-order valence-electron chi connectivity index (χ3n) is 4.60. The van der Waals surface area contributed by atoms with E-state index >= 15 is 0 Å². The fourth-order valence-electron chi connectivity index (χ4n) is 3.16. The van der Waals surface area contributed by atoms with Gasteiger partial charge >= 0.3 is 0 Å². The van der Waals surface area contributed by atoms with Gasteiger partial charge in [-0.05, 0) is 42.5 Å². The highest BCUT2D eigenvalue weighted by atomic mass is 16.5. The molecule has 2 aromatic rings. The highest BCUT2D eigenvalue weighted by Gasteiger charge is 2.23. The van der Waals surface area contributed by atoms with Gasteiger partial charge < -0.3 is 14.8 Å². The minimum Gasteiger partial charge on any atom is -0.493 e. The third kappa shape index (κ3) is 4.75. The van der Waals surface area contributed by atoms with Gasteiger partial charge in [0.1, 0.15) is 0 Å². The minimum atomic E-state index is 0.115. The molecule has 0 aliphatic carbocycles. The lowest BCUT2D eigenvalue weighted by atomic mass is 9.98. The minimum absolute atomic E-state index is 0.115. The average Bonchev–Trinajstić information content (AvgIpc) is 3.08. The summed E-state index contributed by atoms with van der Waals surface area (Å²) in [6.45, 7) is 1.36. The Morgan fingerprint density at radius 2 is 1.92 bits per heavy atom. The van der Waals surface area contributed by atoms with Gasteiger partial charge in [-0.1, -0.05) is 36.4 Å². The van der Waals surface area contributed by atoms with Crippen LogP contribution in [0.25, 0.3) is 0 Å². The number of methoxy groups -OCH3 is 1. The molecule has 1 atom stereocenters. The van der Waals surface area contributed by atoms with Crippen molar-refractivity contribution in [1.82, 2.24) is 5.32 Å². The average molecular weight is 339 g/mol. The largest absolute Gasteiger partial charge is 0.493 e. The second-order valence-electron chi connectivity index (χ2n) is 6.41. The summed E-state index contributed by atoms with van der Waals surface area (Å²) in [6, 6.07) is 16.5. The van der Waals surface area contributed by atoms with E-state index in [4.69, 9.17) is 9.47 Å². The molecule has 4 heteroatoms. The Kier molecular flexibility index (Phi) is 5.94. The van der Waals surface area contributed by atoms with Crippen molar-refractivity contribution >= 4 is 5.91 Å². The van der Waals surface area contributed by atoms with Crippen LogP contribution in [-0.4, -0.2) is 26.2 Å². The van der Waals surface area contributed by atoms with E-state index in [0.717, 1.165) is 36.3 Å². The number of aryl methyl sites for hydroxylation is 1. The first-order valence-electron chi connectivity index (χ1n) is 8.87. The first-order valence-corrected chi connectivity index (χ1v) is 8.87. The zero-order valence-corrected chi connectivity index (χ0v) is 14.7. The first kappa shape index (κ1) is 17.3. The molecule has 0 aromatic heterocycles. The quantitative estimate of drug-likeness (QED) is 0.746. The molecule has 1 N–H and O–H groups in total. The van der Waals surface area contributed by atoms with E-state index in [0.29, 0.717) is 19.6 Å². The first-order chi connectivity index (χ1) is 12.3. The predicted octanol–water partition coefficient (Wildman–Crippen LogP) is 3.70. The van der Waals surface area contributed by atoms with Crippen LogP contribution in [0.15, 0.2) is 48.5 Å². The smallest absolute Gasteiger partial charge is 0.220 e. The summed E-state index contributed by atoms with van der Waals surface area (Å²) in [6.07, 6.45) is 3.69. The van der Waals surface area contributed by atoms with E-state index in [9.17, 15) is 4.79 Å². The van der Waals surface area contributed by atoms with E-state index in [1.165, 1.54) is 5.56 Å². The maximum Gasteiger partial charge on any atom is 0.220 e. The van der Waals surface area contributed by atoms with Gasteiger partial charge in [-0.2, -0.15) is 0 Å². The van der Waals surface area contributed by atoms with Crippen LogP contribution in [0.4, 0.5) is 0 Å². The number of carbonyl (C=O) groups excluding carboxylic acids is 1. The third-order valence-corrected chi connectivity index (χ3v) is 4.60. The number of amides is 1. The van der Waals surface area contributed by atoms with Crippen molar-refractivity contribution in [2.24, 2.45) is 0 Å². The van der Waals surface area contributed by atoms with E-state index in [1.54, 1.807) is 7.11 Å². The second kappa shape index (κ2) is 8.56. The molecular formula is C21H25NO3. The van der Waals surface area contributed by atoms with Crippen molar-refractivity contribution in [3.63, 3.8) is 0 Å². The molecule has 1 saturated heterocycles. The number of ether oxygens (including phenoxy) is 2. The zero-order valence-electron chi connectivity index (χ0n) is 14.7. The van der Waals surface area contributed by atoms with Crippen LogP contribution in [0.5, 0.6) is 11.5 Å². The molecule has 3 rings (SSSR count). The van der Waals surface area contributed by atoms with Crippen molar-refractivity contribution in [3.05, 3.63) is 59.7 Å². The van der Waals surface area contributed by atoms with Gasteiger partial charge in [0, 0.05) is 18.9 Å². The maximum absolute atomic E-state index is 11.4. The molecule has 1 amide bonds. The lowest BCUT2D eigenvalue weighted by Gasteiger charge is -2.14. The molecule has 0 spiro atoms. The highest BCUT2D eigenvalue weighted by molar-refractivity contribution is 5.79. The number of carbonyl (C=O) groups is 1. The summed E-state index contributed by atoms with van der Waals surface area (Å²) >= 11 is 0. The Balaban J connectivity index is 1.52. The molecule has 1 heterocycles. The standard InChI is InChI=1S/C21H25NO3/c1-24-19-11-10-17(18-14-21(23)22-15-18)13-20(19)25-12-6-5-9-16-7-3-2-4-8-16/h2-4,7-8,10-11,13,18H,5-6,9,12,14-15H2,1H3,(H,22,23). The predicted molar refractivity (Wildman–Crippen MR) is 98.2 cm³/mol. The van der Waals surface area contributed by atoms with E-state index in [1.807, 2.05) is 24.3 Å². The van der Waals surface area contributed by atoms with Crippen molar-refractivity contribution in [2.75, 3.05) is 20.3 Å². The number of hydrogen-bond donors (Lipinski definition) is 1. The fourth-order valence-corrected chi connectivity index (χ4v) is 3.16. The molecule has 2 aromatic carbocycles. The Bertz CT molecular complexity index is 700. The summed E-state index contributed by atoms with van der Waals surface area (Å²) in [7, 11) is 1.65. The normalized spacial score (nSPS) is 16.5. The van der Waals surface area contributed by atoms with Crippen LogP contribution < -0.4 is 14.8 Å². The van der Waals surface area contributed by atoms with Gasteiger partial charge in [-0.3, -0.25) is 4.79 Å². The molecule has 0 bridgehead atoms. The fraction of sp³-hybridized carbons (Fsp3) is 0.381. The molecule has 0 radical (unpaired) electrons. The summed E-state index contributed by atoms with van der Waals surface area (Å²) in [5.74, 6) is 1.84. The van der Waals surface area contributed by atoms with Crippen LogP contribution in [0.2, 0.25) is 0 Å². The molecule has 25 heavy (non-hydrogen) atoms. The Hall–Kier alpha value is -2.49. The van der Waals surface area contributed by atoms with E-state index in [2.05, 4.69) is 29.6 Å². The number of benzene rings is 2. The number of unbranched alkanes of at least 4 members (excludes halogenated alkanes) is 1. The van der Waals surface area contributed by atoms with Crippen molar-refractivity contribution in [1.29, 1.82) is 0 Å².